The minimum Gasteiger partial charge on any atom is -0.445 e. The van der Waals surface area contributed by atoms with E-state index in [0.29, 0.717) is 18.1 Å². The van der Waals surface area contributed by atoms with Gasteiger partial charge >= 0.3 is 5.97 Å². The SMILES string of the molecule is CC(C)CCOC(C)C(=O)OC(C(=O)N(C)C)c1ccccc1. The van der Waals surface area contributed by atoms with Crippen molar-refractivity contribution in [2.45, 2.75) is 39.4 Å². The van der Waals surface area contributed by atoms with E-state index in [-0.39, 0.29) is 5.91 Å². The van der Waals surface area contributed by atoms with Crippen molar-refractivity contribution in [3.63, 3.8) is 0 Å². The fourth-order valence-electron chi connectivity index (χ4n) is 1.88. The van der Waals surface area contributed by atoms with Crippen LogP contribution >= 0.6 is 0 Å². The molecule has 0 saturated carbocycles. The fourth-order valence-corrected chi connectivity index (χ4v) is 1.88. The van der Waals surface area contributed by atoms with Crippen molar-refractivity contribution in [2.24, 2.45) is 5.92 Å². The molecule has 2 unspecified atom stereocenters. The fraction of sp³-hybridized carbons (Fsp3) is 0.556. The van der Waals surface area contributed by atoms with Crippen LogP contribution in [0.15, 0.2) is 30.3 Å². The maximum atomic E-state index is 12.3. The van der Waals surface area contributed by atoms with Crippen molar-refractivity contribution in [3.8, 4) is 0 Å². The Labute approximate surface area is 138 Å². The largest absolute Gasteiger partial charge is 0.445 e. The Morgan fingerprint density at radius 1 is 1.09 bits per heavy atom. The second kappa shape index (κ2) is 9.30. The summed E-state index contributed by atoms with van der Waals surface area (Å²) in [6.45, 7) is 6.32. The number of rotatable bonds is 8. The maximum Gasteiger partial charge on any atom is 0.336 e. The Hall–Kier alpha value is -1.88. The van der Waals surface area contributed by atoms with Crippen molar-refractivity contribution in [2.75, 3.05) is 20.7 Å². The van der Waals surface area contributed by atoms with Crippen molar-refractivity contribution in [3.05, 3.63) is 35.9 Å². The van der Waals surface area contributed by atoms with Crippen LogP contribution in [0, 0.1) is 5.92 Å². The molecule has 0 aliphatic heterocycles. The summed E-state index contributed by atoms with van der Waals surface area (Å²) < 4.78 is 10.9. The summed E-state index contributed by atoms with van der Waals surface area (Å²) in [7, 11) is 3.27. The molecular weight excluding hydrogens is 294 g/mol. The Morgan fingerprint density at radius 3 is 2.22 bits per heavy atom. The van der Waals surface area contributed by atoms with E-state index in [9.17, 15) is 9.59 Å². The minimum atomic E-state index is -0.949. The van der Waals surface area contributed by atoms with Gasteiger partial charge in [0.2, 0.25) is 6.10 Å². The van der Waals surface area contributed by atoms with Gasteiger partial charge in [-0.3, -0.25) is 4.79 Å². The van der Waals surface area contributed by atoms with Crippen LogP contribution in [-0.4, -0.2) is 43.6 Å². The first-order chi connectivity index (χ1) is 10.8. The number of carbonyl (C=O) groups excluding carboxylic acids is 2. The molecule has 5 nitrogen and oxygen atoms in total. The van der Waals surface area contributed by atoms with Crippen LogP contribution in [0.25, 0.3) is 0 Å². The topological polar surface area (TPSA) is 55.8 Å². The minimum absolute atomic E-state index is 0.279. The Bertz CT molecular complexity index is 499. The van der Waals surface area contributed by atoms with Gasteiger partial charge in [0, 0.05) is 26.3 Å². The number of likely N-dealkylation sites (N-methyl/N-ethyl adjacent to an activating group) is 1. The van der Waals surface area contributed by atoms with Gasteiger partial charge in [0.1, 0.15) is 0 Å². The highest BCUT2D eigenvalue weighted by Crippen LogP contribution is 2.20. The molecule has 0 saturated heterocycles. The molecule has 0 spiro atoms. The van der Waals surface area contributed by atoms with Crippen molar-refractivity contribution in [1.29, 1.82) is 0 Å². The van der Waals surface area contributed by atoms with Gasteiger partial charge in [0.25, 0.3) is 5.91 Å². The van der Waals surface area contributed by atoms with Gasteiger partial charge < -0.3 is 14.4 Å². The lowest BCUT2D eigenvalue weighted by molar-refractivity contribution is -0.169. The summed E-state index contributed by atoms with van der Waals surface area (Å²) in [5, 5.41) is 0. The van der Waals surface area contributed by atoms with Crippen molar-refractivity contribution >= 4 is 11.9 Å². The normalized spacial score (nSPS) is 13.5. The number of carbonyl (C=O) groups is 2. The van der Waals surface area contributed by atoms with Gasteiger partial charge in [-0.05, 0) is 19.3 Å². The van der Waals surface area contributed by atoms with Gasteiger partial charge in [-0.15, -0.1) is 0 Å². The van der Waals surface area contributed by atoms with E-state index in [4.69, 9.17) is 9.47 Å². The number of nitrogens with zero attached hydrogens (tertiary/aromatic N) is 1. The summed E-state index contributed by atoms with van der Waals surface area (Å²) in [6, 6.07) is 9.00. The summed E-state index contributed by atoms with van der Waals surface area (Å²) in [4.78, 5) is 25.9. The first-order valence-electron chi connectivity index (χ1n) is 7.91. The molecule has 0 fully saturated rings. The molecule has 23 heavy (non-hydrogen) atoms. The molecule has 0 N–H and O–H groups in total. The maximum absolute atomic E-state index is 12.3. The van der Waals surface area contributed by atoms with Crippen LogP contribution in [0.5, 0.6) is 0 Å². The van der Waals surface area contributed by atoms with Gasteiger partial charge in [-0.1, -0.05) is 44.2 Å². The smallest absolute Gasteiger partial charge is 0.336 e. The monoisotopic (exact) mass is 321 g/mol. The average molecular weight is 321 g/mol. The Kier molecular flexibility index (Phi) is 7.75. The Morgan fingerprint density at radius 2 is 1.70 bits per heavy atom. The summed E-state index contributed by atoms with van der Waals surface area (Å²) in [5.74, 6) is -0.303. The summed E-state index contributed by atoms with van der Waals surface area (Å²) >= 11 is 0. The number of hydrogen-bond acceptors (Lipinski definition) is 4. The van der Waals surface area contributed by atoms with E-state index in [2.05, 4.69) is 13.8 Å². The van der Waals surface area contributed by atoms with E-state index in [0.717, 1.165) is 6.42 Å². The number of hydrogen-bond donors (Lipinski definition) is 0. The zero-order chi connectivity index (χ0) is 17.4. The molecule has 2 atom stereocenters. The van der Waals surface area contributed by atoms with Gasteiger partial charge in [-0.25, -0.2) is 4.79 Å². The quantitative estimate of drug-likeness (QED) is 0.691. The number of amides is 1. The highest BCUT2D eigenvalue weighted by Gasteiger charge is 2.28. The number of ether oxygens (including phenoxy) is 2. The zero-order valence-corrected chi connectivity index (χ0v) is 14.6. The molecule has 0 heterocycles. The van der Waals surface area contributed by atoms with Crippen LogP contribution in [0.1, 0.15) is 38.9 Å². The highest BCUT2D eigenvalue weighted by molar-refractivity contribution is 5.85. The molecule has 0 aromatic heterocycles. The van der Waals surface area contributed by atoms with Gasteiger partial charge in [0.05, 0.1) is 0 Å². The van der Waals surface area contributed by atoms with E-state index in [1.807, 2.05) is 18.2 Å². The highest BCUT2D eigenvalue weighted by atomic mass is 16.6. The molecule has 0 bridgehead atoms. The van der Waals surface area contributed by atoms with Crippen LogP contribution in [0.3, 0.4) is 0 Å². The molecular formula is C18H27NO4. The number of benzene rings is 1. The van der Waals surface area contributed by atoms with Crippen molar-refractivity contribution < 1.29 is 19.1 Å². The van der Waals surface area contributed by atoms with Crippen LogP contribution in [0.2, 0.25) is 0 Å². The number of esters is 1. The van der Waals surface area contributed by atoms with Crippen molar-refractivity contribution in [1.82, 2.24) is 4.90 Å². The second-order valence-electron chi connectivity index (χ2n) is 6.16. The molecule has 0 radical (unpaired) electrons. The third-order valence-electron chi connectivity index (χ3n) is 3.40. The third-order valence-corrected chi connectivity index (χ3v) is 3.40. The van der Waals surface area contributed by atoms with Crippen LogP contribution in [0.4, 0.5) is 0 Å². The first-order valence-corrected chi connectivity index (χ1v) is 7.91. The molecule has 1 aromatic carbocycles. The standard InChI is InChI=1S/C18H27NO4/c1-13(2)11-12-22-14(3)18(21)23-16(17(20)19(4)5)15-9-7-6-8-10-15/h6-10,13-14,16H,11-12H2,1-5H3. The van der Waals surface area contributed by atoms with E-state index in [1.165, 1.54) is 4.90 Å². The molecule has 5 heteroatoms. The molecule has 128 valence electrons. The van der Waals surface area contributed by atoms with Gasteiger partial charge in [0.15, 0.2) is 6.10 Å². The first kappa shape index (κ1) is 19.2. The second-order valence-corrected chi connectivity index (χ2v) is 6.16. The lowest BCUT2D eigenvalue weighted by Gasteiger charge is -2.23. The molecule has 1 aromatic rings. The van der Waals surface area contributed by atoms with E-state index >= 15 is 0 Å². The predicted molar refractivity (Wildman–Crippen MR) is 88.8 cm³/mol. The van der Waals surface area contributed by atoms with Crippen LogP contribution in [-0.2, 0) is 19.1 Å². The lowest BCUT2D eigenvalue weighted by Crippen LogP contribution is -2.34. The summed E-state index contributed by atoms with van der Waals surface area (Å²) in [6.07, 6.45) is -0.777. The van der Waals surface area contributed by atoms with E-state index in [1.54, 1.807) is 33.2 Å². The van der Waals surface area contributed by atoms with Gasteiger partial charge in [-0.2, -0.15) is 0 Å². The molecule has 1 rings (SSSR count). The zero-order valence-electron chi connectivity index (χ0n) is 14.6. The Balaban J connectivity index is 2.73. The molecule has 1 amide bonds. The summed E-state index contributed by atoms with van der Waals surface area (Å²) in [5.41, 5.74) is 0.647. The average Bonchev–Trinajstić information content (AvgIpc) is 2.51. The lowest BCUT2D eigenvalue weighted by atomic mass is 10.1. The van der Waals surface area contributed by atoms with E-state index < -0.39 is 18.2 Å². The predicted octanol–water partition coefficient (Wildman–Crippen LogP) is 2.81. The molecule has 0 aliphatic rings. The van der Waals surface area contributed by atoms with Crippen LogP contribution < -0.4 is 0 Å². The third kappa shape index (κ3) is 6.40. The molecule has 0 aliphatic carbocycles.